The lowest BCUT2D eigenvalue weighted by Crippen LogP contribution is -2.26. The molecule has 112 valence electrons. The van der Waals surface area contributed by atoms with Crippen LogP contribution in [-0.2, 0) is 22.3 Å². The molecule has 0 bridgehead atoms. The molecule has 21 heavy (non-hydrogen) atoms. The Morgan fingerprint density at radius 1 is 1.43 bits per heavy atom. The van der Waals surface area contributed by atoms with Crippen LogP contribution in [0.4, 0.5) is 0 Å². The molecule has 2 aromatic rings. The van der Waals surface area contributed by atoms with E-state index < -0.39 is 10.0 Å². The van der Waals surface area contributed by atoms with Crippen molar-refractivity contribution in [3.8, 4) is 0 Å². The number of hydrogen-bond donors (Lipinski definition) is 2. The second-order valence-corrected chi connectivity index (χ2v) is 6.71. The fourth-order valence-electron chi connectivity index (χ4n) is 1.80. The molecule has 0 unspecified atom stereocenters. The second-order valence-electron chi connectivity index (χ2n) is 4.47. The Morgan fingerprint density at radius 3 is 2.76 bits per heavy atom. The van der Waals surface area contributed by atoms with Gasteiger partial charge in [-0.25, -0.2) is 18.1 Å². The normalized spacial score (nSPS) is 11.5. The van der Waals surface area contributed by atoms with E-state index >= 15 is 0 Å². The van der Waals surface area contributed by atoms with E-state index in [4.69, 9.17) is 22.4 Å². The van der Waals surface area contributed by atoms with Crippen LogP contribution in [0.25, 0.3) is 0 Å². The van der Waals surface area contributed by atoms with E-state index in [1.807, 2.05) is 0 Å². The molecule has 3 N–H and O–H groups in total. The van der Waals surface area contributed by atoms with Crippen molar-refractivity contribution in [3.05, 3.63) is 53.2 Å². The number of oxazole rings is 1. The Hall–Kier alpha value is -1.77. The van der Waals surface area contributed by atoms with Gasteiger partial charge in [0.1, 0.15) is 10.7 Å². The zero-order valence-electron chi connectivity index (χ0n) is 11.4. The minimum atomic E-state index is -3.54. The Morgan fingerprint density at radius 2 is 2.14 bits per heavy atom. The van der Waals surface area contributed by atoms with Crippen molar-refractivity contribution in [3.63, 3.8) is 0 Å². The van der Waals surface area contributed by atoms with Gasteiger partial charge in [-0.2, -0.15) is 0 Å². The quantitative estimate of drug-likeness (QED) is 0.775. The minimum absolute atomic E-state index is 0.00537. The first kappa shape index (κ1) is 15.6. The predicted molar refractivity (Wildman–Crippen MR) is 83.0 cm³/mol. The first-order chi connectivity index (χ1) is 9.87. The monoisotopic (exact) mass is 325 g/mol. The van der Waals surface area contributed by atoms with Crippen LogP contribution in [0.3, 0.4) is 0 Å². The highest BCUT2D eigenvalue weighted by Crippen LogP contribution is 2.12. The summed E-state index contributed by atoms with van der Waals surface area (Å²) >= 11 is 4.92. The third-order valence-corrected chi connectivity index (χ3v) is 4.24. The summed E-state index contributed by atoms with van der Waals surface area (Å²) in [5.41, 5.74) is 6.71. The average molecular weight is 325 g/mol. The van der Waals surface area contributed by atoms with Crippen molar-refractivity contribution in [2.75, 3.05) is 0 Å². The molecule has 0 radical (unpaired) electrons. The highest BCUT2D eigenvalue weighted by atomic mass is 32.2. The van der Waals surface area contributed by atoms with Gasteiger partial charge in [0.2, 0.25) is 15.9 Å². The van der Waals surface area contributed by atoms with Crippen LogP contribution in [0, 0.1) is 6.92 Å². The maximum Gasteiger partial charge on any atom is 0.216 e. The number of benzene rings is 1. The van der Waals surface area contributed by atoms with E-state index in [1.54, 1.807) is 31.2 Å². The van der Waals surface area contributed by atoms with E-state index in [0.29, 0.717) is 22.8 Å². The van der Waals surface area contributed by atoms with Gasteiger partial charge < -0.3 is 10.2 Å². The standard InChI is InChI=1S/C13H15N3O3S2/c1-9-6-15-12(19-9)7-16-21(17,18)8-10-4-2-3-5-11(10)13(14)20/h2-6,16H,7-8H2,1H3,(H2,14,20). The number of nitrogens with zero attached hydrogens (tertiary/aromatic N) is 1. The molecule has 0 aliphatic heterocycles. The molecule has 0 aliphatic carbocycles. The molecular formula is C13H15N3O3S2. The molecule has 1 aromatic heterocycles. The number of thiocarbonyl (C=S) groups is 1. The summed E-state index contributed by atoms with van der Waals surface area (Å²) in [6, 6.07) is 6.88. The summed E-state index contributed by atoms with van der Waals surface area (Å²) in [4.78, 5) is 4.11. The third kappa shape index (κ3) is 4.35. The summed E-state index contributed by atoms with van der Waals surface area (Å²) < 4.78 is 31.8. The van der Waals surface area contributed by atoms with Gasteiger partial charge in [-0.3, -0.25) is 0 Å². The first-order valence-electron chi connectivity index (χ1n) is 6.14. The summed E-state index contributed by atoms with van der Waals surface area (Å²) in [7, 11) is -3.54. The summed E-state index contributed by atoms with van der Waals surface area (Å²) in [6.07, 6.45) is 1.53. The van der Waals surface area contributed by atoms with Crippen molar-refractivity contribution >= 4 is 27.2 Å². The maximum atomic E-state index is 12.1. The van der Waals surface area contributed by atoms with E-state index in [1.165, 1.54) is 6.20 Å². The lowest BCUT2D eigenvalue weighted by atomic mass is 10.1. The van der Waals surface area contributed by atoms with Crippen LogP contribution in [0.15, 0.2) is 34.9 Å². The van der Waals surface area contributed by atoms with Gasteiger partial charge in [0.15, 0.2) is 0 Å². The van der Waals surface area contributed by atoms with Gasteiger partial charge in [-0.1, -0.05) is 36.5 Å². The van der Waals surface area contributed by atoms with Gasteiger partial charge in [0, 0.05) is 5.56 Å². The molecule has 0 saturated carbocycles. The van der Waals surface area contributed by atoms with Crippen LogP contribution in [0.5, 0.6) is 0 Å². The number of nitrogens with two attached hydrogens (primary N) is 1. The predicted octanol–water partition coefficient (Wildman–Crippen LogP) is 1.24. The fraction of sp³-hybridized carbons (Fsp3) is 0.231. The molecule has 1 heterocycles. The van der Waals surface area contributed by atoms with Crippen molar-refractivity contribution in [2.24, 2.45) is 5.73 Å². The summed E-state index contributed by atoms with van der Waals surface area (Å²) in [5, 5.41) is 0. The first-order valence-corrected chi connectivity index (χ1v) is 8.20. The molecule has 0 spiro atoms. The zero-order chi connectivity index (χ0) is 15.5. The minimum Gasteiger partial charge on any atom is -0.445 e. The summed E-state index contributed by atoms with van der Waals surface area (Å²) in [6.45, 7) is 1.74. The largest absolute Gasteiger partial charge is 0.445 e. The van der Waals surface area contributed by atoms with Gasteiger partial charge in [0.05, 0.1) is 18.5 Å². The van der Waals surface area contributed by atoms with Crippen molar-refractivity contribution in [1.29, 1.82) is 0 Å². The highest BCUT2D eigenvalue weighted by molar-refractivity contribution is 7.88. The molecule has 6 nitrogen and oxygen atoms in total. The van der Waals surface area contributed by atoms with E-state index in [9.17, 15) is 8.42 Å². The fourth-order valence-corrected chi connectivity index (χ4v) is 3.10. The molecule has 2 rings (SSSR count). The number of nitrogens with one attached hydrogen (secondary N) is 1. The van der Waals surface area contributed by atoms with Crippen molar-refractivity contribution < 1.29 is 12.8 Å². The van der Waals surface area contributed by atoms with Gasteiger partial charge >= 0.3 is 0 Å². The number of rotatable bonds is 6. The number of hydrogen-bond acceptors (Lipinski definition) is 5. The molecule has 0 fully saturated rings. The van der Waals surface area contributed by atoms with E-state index in [-0.39, 0.29) is 17.3 Å². The molecule has 0 saturated heterocycles. The van der Waals surface area contributed by atoms with E-state index in [0.717, 1.165) is 0 Å². The van der Waals surface area contributed by atoms with Crippen LogP contribution >= 0.6 is 12.2 Å². The van der Waals surface area contributed by atoms with Crippen molar-refractivity contribution in [1.82, 2.24) is 9.71 Å². The molecule has 8 heteroatoms. The van der Waals surface area contributed by atoms with E-state index in [2.05, 4.69) is 9.71 Å². The maximum absolute atomic E-state index is 12.1. The Kier molecular flexibility index (Phi) is 4.71. The Labute approximate surface area is 128 Å². The molecule has 1 aromatic carbocycles. The van der Waals surface area contributed by atoms with Crippen molar-refractivity contribution in [2.45, 2.75) is 19.2 Å². The molecular weight excluding hydrogens is 310 g/mol. The Balaban J connectivity index is 2.09. The topological polar surface area (TPSA) is 98.2 Å². The summed E-state index contributed by atoms with van der Waals surface area (Å²) in [5.74, 6) is 0.738. The zero-order valence-corrected chi connectivity index (χ0v) is 13.0. The molecule has 0 amide bonds. The van der Waals surface area contributed by atoms with Crippen LogP contribution in [0.2, 0.25) is 0 Å². The second kappa shape index (κ2) is 6.33. The average Bonchev–Trinajstić information content (AvgIpc) is 2.82. The molecule has 0 atom stereocenters. The van der Waals surface area contributed by atoms with Crippen LogP contribution < -0.4 is 10.5 Å². The van der Waals surface area contributed by atoms with Crippen LogP contribution in [-0.4, -0.2) is 18.4 Å². The van der Waals surface area contributed by atoms with Crippen LogP contribution in [0.1, 0.15) is 22.8 Å². The number of sulfonamides is 1. The number of aryl methyl sites for hydroxylation is 1. The smallest absolute Gasteiger partial charge is 0.216 e. The lowest BCUT2D eigenvalue weighted by molar-refractivity contribution is 0.463. The third-order valence-electron chi connectivity index (χ3n) is 2.74. The van der Waals surface area contributed by atoms with Gasteiger partial charge in [-0.15, -0.1) is 0 Å². The Bertz CT molecular complexity index is 754. The van der Waals surface area contributed by atoms with Gasteiger partial charge in [-0.05, 0) is 12.5 Å². The SMILES string of the molecule is Cc1cnc(CNS(=O)(=O)Cc2ccccc2C(N)=S)o1. The highest BCUT2D eigenvalue weighted by Gasteiger charge is 2.16. The van der Waals surface area contributed by atoms with Gasteiger partial charge in [0.25, 0.3) is 0 Å². The molecule has 0 aliphatic rings. The number of aromatic nitrogens is 1. The lowest BCUT2D eigenvalue weighted by Gasteiger charge is -2.09.